The highest BCUT2D eigenvalue weighted by atomic mass is 19.4. The van der Waals surface area contributed by atoms with Crippen molar-refractivity contribution in [3.63, 3.8) is 0 Å². The van der Waals surface area contributed by atoms with Gasteiger partial charge in [0, 0.05) is 18.9 Å². The predicted molar refractivity (Wildman–Crippen MR) is 101 cm³/mol. The Morgan fingerprint density at radius 3 is 2.16 bits per heavy atom. The first-order valence-corrected chi connectivity index (χ1v) is 9.16. The summed E-state index contributed by atoms with van der Waals surface area (Å²) in [6, 6.07) is -1.26. The lowest BCUT2D eigenvalue weighted by Crippen LogP contribution is -2.54. The van der Waals surface area contributed by atoms with Gasteiger partial charge in [0.2, 0.25) is 11.9 Å². The lowest BCUT2D eigenvalue weighted by molar-refractivity contribution is -0.192. The Bertz CT molecular complexity index is 694. The van der Waals surface area contributed by atoms with E-state index in [0.29, 0.717) is 0 Å². The number of carboxylic acid groups (broad SMARTS) is 2. The van der Waals surface area contributed by atoms with Crippen molar-refractivity contribution < 1.29 is 47.7 Å². The molecule has 1 rings (SSSR count). The van der Waals surface area contributed by atoms with Gasteiger partial charge in [0.05, 0.1) is 24.3 Å². The van der Waals surface area contributed by atoms with Gasteiger partial charge in [-0.2, -0.15) is 13.2 Å². The minimum absolute atomic E-state index is 0.0609. The van der Waals surface area contributed by atoms with E-state index in [1.165, 1.54) is 13.0 Å². The van der Waals surface area contributed by atoms with Crippen LogP contribution in [0, 0.1) is 0 Å². The number of carboxylic acids is 2. The maximum Gasteiger partial charge on any atom is 0.490 e. The fraction of sp³-hybridized carbons (Fsp3) is 0.647. The summed E-state index contributed by atoms with van der Waals surface area (Å²) in [5.41, 5.74) is 7.33. The average molecular weight is 456 g/mol. The molecule has 0 saturated heterocycles. The number of carbonyl (C=O) groups is 3. The number of nitrogens with zero attached hydrogens (tertiary/aromatic N) is 1. The molecule has 0 aromatic heterocycles. The number of amides is 1. The highest BCUT2D eigenvalue weighted by Gasteiger charge is 2.38. The highest BCUT2D eigenvalue weighted by molar-refractivity contribution is 5.87. The van der Waals surface area contributed by atoms with Crippen molar-refractivity contribution in [1.82, 2.24) is 10.8 Å². The van der Waals surface area contributed by atoms with Crippen LogP contribution in [0.4, 0.5) is 13.2 Å². The molecule has 1 aliphatic rings. The third-order valence-electron chi connectivity index (χ3n) is 4.13. The van der Waals surface area contributed by atoms with Crippen molar-refractivity contribution in [3.05, 3.63) is 11.6 Å². The van der Waals surface area contributed by atoms with E-state index in [0.717, 1.165) is 12.8 Å². The summed E-state index contributed by atoms with van der Waals surface area (Å²) in [4.78, 5) is 35.9. The van der Waals surface area contributed by atoms with Crippen LogP contribution in [-0.4, -0.2) is 69.7 Å². The number of aliphatic carboxylic acids is 2. The van der Waals surface area contributed by atoms with Gasteiger partial charge >= 0.3 is 18.1 Å². The van der Waals surface area contributed by atoms with Gasteiger partial charge in [0.25, 0.3) is 0 Å². The number of rotatable bonds is 7. The quantitative estimate of drug-likeness (QED) is 0.183. The number of hydroxylamine groups is 1. The zero-order chi connectivity index (χ0) is 24.4. The predicted octanol–water partition coefficient (Wildman–Crippen LogP) is 0.775. The first kappa shape index (κ1) is 28.1. The Kier molecular flexibility index (Phi) is 11.6. The number of nitrogens with two attached hydrogens (primary N) is 1. The highest BCUT2D eigenvalue weighted by Crippen LogP contribution is 2.26. The van der Waals surface area contributed by atoms with Gasteiger partial charge < -0.3 is 26.0 Å². The van der Waals surface area contributed by atoms with Crippen molar-refractivity contribution in [1.29, 1.82) is 0 Å². The number of carbonyl (C=O) groups excluding carboxylic acids is 1. The number of ether oxygens (including phenoxy) is 1. The van der Waals surface area contributed by atoms with Crippen molar-refractivity contribution in [2.24, 2.45) is 10.7 Å². The SMILES string of the molecule is CCC(CC)O[C@@H]1C=C(C(=O)O)C[C@H](N=C(N)NO)[C@H]1NC(C)=O.O=C(O)C(F)(F)F. The minimum Gasteiger partial charge on any atom is -0.478 e. The number of hydrogen-bond donors (Lipinski definition) is 6. The molecule has 7 N–H and O–H groups in total. The summed E-state index contributed by atoms with van der Waals surface area (Å²) >= 11 is 0. The maximum absolute atomic E-state index is 11.6. The van der Waals surface area contributed by atoms with Crippen LogP contribution in [0.15, 0.2) is 16.6 Å². The van der Waals surface area contributed by atoms with Crippen molar-refractivity contribution in [3.8, 4) is 0 Å². The summed E-state index contributed by atoms with van der Waals surface area (Å²) in [5, 5.41) is 28.0. The lowest BCUT2D eigenvalue weighted by atomic mass is 9.88. The molecular formula is C17H27F3N4O7. The van der Waals surface area contributed by atoms with Crippen LogP contribution in [0.5, 0.6) is 0 Å². The Balaban J connectivity index is 0.00000110. The zero-order valence-electron chi connectivity index (χ0n) is 17.1. The van der Waals surface area contributed by atoms with Crippen LogP contribution in [0.2, 0.25) is 0 Å². The second kappa shape index (κ2) is 12.7. The molecule has 0 radical (unpaired) electrons. The van der Waals surface area contributed by atoms with Gasteiger partial charge in [0.1, 0.15) is 0 Å². The first-order valence-electron chi connectivity index (χ1n) is 9.16. The molecule has 0 aromatic carbocycles. The lowest BCUT2D eigenvalue weighted by Gasteiger charge is -2.36. The second-order valence-corrected chi connectivity index (χ2v) is 6.46. The molecule has 1 aliphatic carbocycles. The maximum atomic E-state index is 11.6. The second-order valence-electron chi connectivity index (χ2n) is 6.46. The van der Waals surface area contributed by atoms with E-state index in [9.17, 15) is 27.9 Å². The van der Waals surface area contributed by atoms with Crippen LogP contribution in [0.25, 0.3) is 0 Å². The van der Waals surface area contributed by atoms with Crippen LogP contribution in [0.1, 0.15) is 40.0 Å². The summed E-state index contributed by atoms with van der Waals surface area (Å²) in [6.45, 7) is 5.30. The number of guanidine groups is 1. The van der Waals surface area contributed by atoms with Gasteiger partial charge in [0.15, 0.2) is 0 Å². The summed E-state index contributed by atoms with van der Waals surface area (Å²) in [7, 11) is 0. The van der Waals surface area contributed by atoms with Crippen LogP contribution >= 0.6 is 0 Å². The molecule has 3 atom stereocenters. The number of alkyl halides is 3. The van der Waals surface area contributed by atoms with E-state index in [1.807, 2.05) is 13.8 Å². The first-order chi connectivity index (χ1) is 14.3. The van der Waals surface area contributed by atoms with Gasteiger partial charge in [-0.3, -0.25) is 10.0 Å². The van der Waals surface area contributed by atoms with Gasteiger partial charge in [-0.25, -0.2) is 20.1 Å². The molecule has 14 heteroatoms. The molecule has 0 unspecified atom stereocenters. The zero-order valence-corrected chi connectivity index (χ0v) is 17.1. The summed E-state index contributed by atoms with van der Waals surface area (Å²) < 4.78 is 37.7. The molecule has 0 aromatic rings. The topological polar surface area (TPSA) is 184 Å². The fourth-order valence-electron chi connectivity index (χ4n) is 2.67. The van der Waals surface area contributed by atoms with Gasteiger partial charge in [-0.05, 0) is 18.9 Å². The molecule has 0 saturated carbocycles. The van der Waals surface area contributed by atoms with Gasteiger partial charge in [-0.1, -0.05) is 13.8 Å². The number of halogens is 3. The van der Waals surface area contributed by atoms with E-state index in [2.05, 4.69) is 10.3 Å². The molecule has 0 bridgehead atoms. The molecule has 0 aliphatic heterocycles. The molecule has 1 amide bonds. The third-order valence-corrected chi connectivity index (χ3v) is 4.13. The number of nitrogens with one attached hydrogen (secondary N) is 2. The standard InChI is InChI=1S/C15H26N4O5.C2HF3O2/c1-4-10(5-2)24-12-7-9(14(21)22)6-11(18-15(16)19-23)13(12)17-8(3)20;3-2(4,5)1(6)7/h7,10-13,23H,4-6H2,1-3H3,(H,17,20)(H,21,22)(H3,16,18,19);(H,6,7)/t11-,12+,13+;/m0./s1. The molecule has 31 heavy (non-hydrogen) atoms. The molecule has 11 nitrogen and oxygen atoms in total. The van der Waals surface area contributed by atoms with Crippen LogP contribution in [-0.2, 0) is 19.1 Å². The third kappa shape index (κ3) is 10.1. The Morgan fingerprint density at radius 1 is 1.29 bits per heavy atom. The number of hydrogen-bond acceptors (Lipinski definition) is 6. The van der Waals surface area contributed by atoms with E-state index >= 15 is 0 Å². The monoisotopic (exact) mass is 456 g/mol. The summed E-state index contributed by atoms with van der Waals surface area (Å²) in [5.74, 6) is -4.39. The molecule has 178 valence electrons. The van der Waals surface area contributed by atoms with Crippen molar-refractivity contribution in [2.75, 3.05) is 0 Å². The van der Waals surface area contributed by atoms with E-state index in [4.69, 9.17) is 25.6 Å². The molecule has 0 fully saturated rings. The Hall–Kier alpha value is -2.87. The molecule has 0 spiro atoms. The van der Waals surface area contributed by atoms with Crippen molar-refractivity contribution >= 4 is 23.8 Å². The molecule has 0 heterocycles. The van der Waals surface area contributed by atoms with Crippen molar-refractivity contribution in [2.45, 2.75) is 70.5 Å². The minimum atomic E-state index is -5.08. The normalized spacial score (nSPS) is 21.5. The van der Waals surface area contributed by atoms with E-state index in [1.54, 1.807) is 5.48 Å². The summed E-state index contributed by atoms with van der Waals surface area (Å²) in [6.07, 6.45) is -2.73. The average Bonchev–Trinajstić information content (AvgIpc) is 2.66. The van der Waals surface area contributed by atoms with E-state index in [-0.39, 0.29) is 30.0 Å². The van der Waals surface area contributed by atoms with Crippen LogP contribution in [0.3, 0.4) is 0 Å². The molecular weight excluding hydrogens is 429 g/mol. The Labute approximate surface area is 176 Å². The van der Waals surface area contributed by atoms with E-state index < -0.39 is 36.3 Å². The van der Waals surface area contributed by atoms with Crippen LogP contribution < -0.4 is 16.5 Å². The smallest absolute Gasteiger partial charge is 0.478 e. The fourth-order valence-corrected chi connectivity index (χ4v) is 2.67. The van der Waals surface area contributed by atoms with Gasteiger partial charge in [-0.15, -0.1) is 0 Å². The number of aliphatic imine (C=N–C) groups is 1. The Morgan fingerprint density at radius 2 is 1.81 bits per heavy atom. The largest absolute Gasteiger partial charge is 0.490 e.